The Morgan fingerprint density at radius 3 is 2.40 bits per heavy atom. The number of aryl methyl sites for hydroxylation is 1. The maximum atomic E-state index is 5.57. The third-order valence-electron chi connectivity index (χ3n) is 2.20. The molecule has 1 aromatic carbocycles. The van der Waals surface area contributed by atoms with Gasteiger partial charge in [-0.05, 0) is 37.0 Å². The van der Waals surface area contributed by atoms with E-state index < -0.39 is 0 Å². The van der Waals surface area contributed by atoms with Crippen molar-refractivity contribution >= 4 is 11.6 Å². The van der Waals surface area contributed by atoms with Crippen LogP contribution >= 0.6 is 11.6 Å². The quantitative estimate of drug-likeness (QED) is 0.528. The van der Waals surface area contributed by atoms with Crippen LogP contribution in [0.25, 0.3) is 0 Å². The van der Waals surface area contributed by atoms with Gasteiger partial charge < -0.3 is 4.74 Å². The number of ether oxygens (including phenoxy) is 1. The standard InChI is InChI=1S/C13H17ClO/c1-15-13-9-7-12(8-10-13)6-4-2-3-5-11-14/h2-3,7-10H,4-6,11H2,1H3. The largest absolute Gasteiger partial charge is 0.497 e. The second-order valence-corrected chi connectivity index (χ2v) is 3.71. The molecule has 0 radical (unpaired) electrons. The smallest absolute Gasteiger partial charge is 0.118 e. The highest BCUT2D eigenvalue weighted by molar-refractivity contribution is 6.17. The van der Waals surface area contributed by atoms with Gasteiger partial charge in [0.2, 0.25) is 0 Å². The highest BCUT2D eigenvalue weighted by Crippen LogP contribution is 2.12. The van der Waals surface area contributed by atoms with E-state index >= 15 is 0 Å². The van der Waals surface area contributed by atoms with Gasteiger partial charge in [0.05, 0.1) is 7.11 Å². The second kappa shape index (κ2) is 7.36. The monoisotopic (exact) mass is 224 g/mol. The predicted octanol–water partition coefficient (Wildman–Crippen LogP) is 3.81. The molecule has 0 amide bonds. The van der Waals surface area contributed by atoms with Crippen LogP contribution in [-0.2, 0) is 6.42 Å². The predicted molar refractivity (Wildman–Crippen MR) is 65.8 cm³/mol. The molecule has 0 saturated carbocycles. The molecule has 82 valence electrons. The van der Waals surface area contributed by atoms with Crippen LogP contribution < -0.4 is 4.74 Å². The maximum Gasteiger partial charge on any atom is 0.118 e. The highest BCUT2D eigenvalue weighted by atomic mass is 35.5. The SMILES string of the molecule is COc1ccc(CCC=CCCCl)cc1. The zero-order valence-corrected chi connectivity index (χ0v) is 9.83. The molecule has 0 atom stereocenters. The van der Waals surface area contributed by atoms with E-state index in [9.17, 15) is 0 Å². The van der Waals surface area contributed by atoms with Crippen LogP contribution in [0.2, 0.25) is 0 Å². The fraction of sp³-hybridized carbons (Fsp3) is 0.385. The van der Waals surface area contributed by atoms with E-state index in [2.05, 4.69) is 24.3 Å². The van der Waals surface area contributed by atoms with Crippen molar-refractivity contribution in [1.29, 1.82) is 0 Å². The van der Waals surface area contributed by atoms with E-state index in [-0.39, 0.29) is 0 Å². The van der Waals surface area contributed by atoms with E-state index in [0.29, 0.717) is 5.88 Å². The summed E-state index contributed by atoms with van der Waals surface area (Å²) in [4.78, 5) is 0. The summed E-state index contributed by atoms with van der Waals surface area (Å²) in [6, 6.07) is 8.21. The van der Waals surface area contributed by atoms with Gasteiger partial charge in [0.15, 0.2) is 0 Å². The zero-order valence-electron chi connectivity index (χ0n) is 9.08. The molecule has 1 nitrogen and oxygen atoms in total. The van der Waals surface area contributed by atoms with Crippen LogP contribution in [0.4, 0.5) is 0 Å². The van der Waals surface area contributed by atoms with Crippen molar-refractivity contribution in [3.63, 3.8) is 0 Å². The summed E-state index contributed by atoms with van der Waals surface area (Å²) >= 11 is 5.57. The van der Waals surface area contributed by atoms with Crippen molar-refractivity contribution in [2.45, 2.75) is 19.3 Å². The maximum absolute atomic E-state index is 5.57. The van der Waals surface area contributed by atoms with Gasteiger partial charge in [-0.1, -0.05) is 24.3 Å². The summed E-state index contributed by atoms with van der Waals surface area (Å²) in [5, 5.41) is 0. The Labute approximate surface area is 96.7 Å². The van der Waals surface area contributed by atoms with Crippen LogP contribution in [0.15, 0.2) is 36.4 Å². The number of hydrogen-bond donors (Lipinski definition) is 0. The van der Waals surface area contributed by atoms with Gasteiger partial charge in [0.25, 0.3) is 0 Å². The van der Waals surface area contributed by atoms with E-state index in [4.69, 9.17) is 16.3 Å². The average Bonchev–Trinajstić information content (AvgIpc) is 2.30. The molecule has 0 unspecified atom stereocenters. The Morgan fingerprint density at radius 1 is 1.13 bits per heavy atom. The summed E-state index contributed by atoms with van der Waals surface area (Å²) in [5.41, 5.74) is 1.34. The topological polar surface area (TPSA) is 9.23 Å². The summed E-state index contributed by atoms with van der Waals surface area (Å²) < 4.78 is 5.10. The molecule has 2 heteroatoms. The Morgan fingerprint density at radius 2 is 1.80 bits per heavy atom. The van der Waals surface area contributed by atoms with Gasteiger partial charge in [-0.2, -0.15) is 0 Å². The van der Waals surface area contributed by atoms with E-state index in [0.717, 1.165) is 25.0 Å². The molecule has 0 saturated heterocycles. The Hall–Kier alpha value is -0.950. The van der Waals surface area contributed by atoms with Crippen molar-refractivity contribution in [2.75, 3.05) is 13.0 Å². The van der Waals surface area contributed by atoms with Gasteiger partial charge >= 0.3 is 0 Å². The molecule has 0 heterocycles. The molecule has 0 spiro atoms. The number of alkyl halides is 1. The molecular formula is C13H17ClO. The lowest BCUT2D eigenvalue weighted by Gasteiger charge is -2.01. The summed E-state index contributed by atoms with van der Waals surface area (Å²) in [7, 11) is 1.68. The number of hydrogen-bond acceptors (Lipinski definition) is 1. The molecular weight excluding hydrogens is 208 g/mol. The first-order valence-electron chi connectivity index (χ1n) is 5.20. The number of allylic oxidation sites excluding steroid dienone is 2. The minimum atomic E-state index is 0.707. The van der Waals surface area contributed by atoms with Gasteiger partial charge in [-0.25, -0.2) is 0 Å². The number of rotatable bonds is 6. The van der Waals surface area contributed by atoms with Crippen molar-refractivity contribution < 1.29 is 4.74 Å². The van der Waals surface area contributed by atoms with E-state index in [1.807, 2.05) is 12.1 Å². The molecule has 0 aliphatic rings. The lowest BCUT2D eigenvalue weighted by Crippen LogP contribution is -1.85. The highest BCUT2D eigenvalue weighted by Gasteiger charge is 1.92. The molecule has 1 rings (SSSR count). The average molecular weight is 225 g/mol. The third kappa shape index (κ3) is 4.89. The molecule has 0 bridgehead atoms. The lowest BCUT2D eigenvalue weighted by atomic mass is 10.1. The normalized spacial score (nSPS) is 10.8. The minimum absolute atomic E-state index is 0.707. The van der Waals surface area contributed by atoms with Crippen LogP contribution in [0.3, 0.4) is 0 Å². The second-order valence-electron chi connectivity index (χ2n) is 3.34. The van der Waals surface area contributed by atoms with Crippen LogP contribution in [0, 0.1) is 0 Å². The van der Waals surface area contributed by atoms with Crippen molar-refractivity contribution in [1.82, 2.24) is 0 Å². The molecule has 1 aromatic rings. The zero-order chi connectivity index (χ0) is 10.9. The van der Waals surface area contributed by atoms with E-state index in [1.165, 1.54) is 5.56 Å². The van der Waals surface area contributed by atoms with Crippen molar-refractivity contribution in [3.05, 3.63) is 42.0 Å². The van der Waals surface area contributed by atoms with Crippen LogP contribution in [0.5, 0.6) is 5.75 Å². The molecule has 0 aliphatic heterocycles. The molecule has 15 heavy (non-hydrogen) atoms. The van der Waals surface area contributed by atoms with Gasteiger partial charge in [0.1, 0.15) is 5.75 Å². The Balaban J connectivity index is 2.31. The van der Waals surface area contributed by atoms with Gasteiger partial charge in [-0.15, -0.1) is 11.6 Å². The number of halogens is 1. The first-order chi connectivity index (χ1) is 7.36. The minimum Gasteiger partial charge on any atom is -0.497 e. The van der Waals surface area contributed by atoms with Gasteiger partial charge in [0, 0.05) is 5.88 Å². The van der Waals surface area contributed by atoms with Crippen LogP contribution in [-0.4, -0.2) is 13.0 Å². The molecule has 0 N–H and O–H groups in total. The fourth-order valence-corrected chi connectivity index (χ4v) is 1.47. The van der Waals surface area contributed by atoms with Crippen molar-refractivity contribution in [3.8, 4) is 5.75 Å². The Bertz CT molecular complexity index is 290. The first-order valence-corrected chi connectivity index (χ1v) is 5.74. The third-order valence-corrected chi connectivity index (χ3v) is 2.42. The summed E-state index contributed by atoms with van der Waals surface area (Å²) in [6.45, 7) is 0. The number of methoxy groups -OCH3 is 1. The van der Waals surface area contributed by atoms with E-state index in [1.54, 1.807) is 7.11 Å². The summed E-state index contributed by atoms with van der Waals surface area (Å²) in [5.74, 6) is 1.62. The first kappa shape index (κ1) is 12.1. The number of benzene rings is 1. The molecule has 0 aromatic heterocycles. The van der Waals surface area contributed by atoms with Gasteiger partial charge in [-0.3, -0.25) is 0 Å². The Kier molecular flexibility index (Phi) is 5.94. The lowest BCUT2D eigenvalue weighted by molar-refractivity contribution is 0.414. The fourth-order valence-electron chi connectivity index (χ4n) is 1.34. The van der Waals surface area contributed by atoms with Crippen molar-refractivity contribution in [2.24, 2.45) is 0 Å². The molecule has 0 aliphatic carbocycles. The molecule has 0 fully saturated rings. The van der Waals surface area contributed by atoms with Crippen LogP contribution in [0.1, 0.15) is 18.4 Å². The summed E-state index contributed by atoms with van der Waals surface area (Å²) in [6.07, 6.45) is 7.43.